The maximum absolute atomic E-state index is 13.7. The molecular weight excluding hydrogens is 404 g/mol. The minimum atomic E-state index is -1.33. The predicted octanol–water partition coefficient (Wildman–Crippen LogP) is 4.65. The van der Waals surface area contributed by atoms with Crippen molar-refractivity contribution in [1.82, 2.24) is 0 Å². The standard InChI is InChI=1S/C19H15F2N3O6/c20-14-5-3-6-15(21)18(14)19(25)30-22-16-7-2-1-4-12(16)13-9-8-11(23(26)27)10-17(13)24(28)29/h3,5-6,8-10,12H,1-2,4,7H2/b22-16-/t12-/m0/s1. The van der Waals surface area contributed by atoms with Crippen molar-refractivity contribution in [3.63, 3.8) is 0 Å². The van der Waals surface area contributed by atoms with Gasteiger partial charge < -0.3 is 4.84 Å². The summed E-state index contributed by atoms with van der Waals surface area (Å²) >= 11 is 0. The first-order valence-electron chi connectivity index (χ1n) is 8.94. The van der Waals surface area contributed by atoms with Gasteiger partial charge in [0.2, 0.25) is 0 Å². The molecule has 11 heteroatoms. The van der Waals surface area contributed by atoms with Gasteiger partial charge in [-0.3, -0.25) is 20.2 Å². The van der Waals surface area contributed by atoms with E-state index in [1.807, 2.05) is 0 Å². The van der Waals surface area contributed by atoms with Gasteiger partial charge >= 0.3 is 5.97 Å². The van der Waals surface area contributed by atoms with Crippen molar-refractivity contribution in [3.8, 4) is 0 Å². The van der Waals surface area contributed by atoms with E-state index in [9.17, 15) is 33.8 Å². The summed E-state index contributed by atoms with van der Waals surface area (Å²) in [7, 11) is 0. The molecule has 1 aliphatic rings. The molecule has 2 aromatic carbocycles. The van der Waals surface area contributed by atoms with Gasteiger partial charge in [-0.15, -0.1) is 0 Å². The number of halogens is 2. The summed E-state index contributed by atoms with van der Waals surface area (Å²) in [5, 5.41) is 26.1. The highest BCUT2D eigenvalue weighted by Gasteiger charge is 2.31. The van der Waals surface area contributed by atoms with Crippen molar-refractivity contribution >= 4 is 23.1 Å². The molecule has 0 N–H and O–H groups in total. The Morgan fingerprint density at radius 2 is 1.77 bits per heavy atom. The van der Waals surface area contributed by atoms with Crippen molar-refractivity contribution < 1.29 is 28.3 Å². The van der Waals surface area contributed by atoms with Crippen LogP contribution in [0.25, 0.3) is 0 Å². The molecule has 156 valence electrons. The Balaban J connectivity index is 1.93. The molecule has 1 atom stereocenters. The van der Waals surface area contributed by atoms with Crippen LogP contribution in [0.4, 0.5) is 20.2 Å². The van der Waals surface area contributed by atoms with E-state index in [4.69, 9.17) is 4.84 Å². The van der Waals surface area contributed by atoms with Crippen LogP contribution in [0.3, 0.4) is 0 Å². The Hall–Kier alpha value is -3.76. The number of hydrogen-bond acceptors (Lipinski definition) is 7. The number of nitro benzene ring substituents is 2. The first-order valence-corrected chi connectivity index (χ1v) is 8.94. The smallest absolute Gasteiger partial charge is 0.313 e. The van der Waals surface area contributed by atoms with Crippen molar-refractivity contribution in [2.45, 2.75) is 31.6 Å². The SMILES string of the molecule is O=C(O/N=C1/CCCC[C@H]1c1ccc([N+](=O)[O-])cc1[N+](=O)[O-])c1c(F)cccc1F. The second kappa shape index (κ2) is 8.72. The molecule has 1 saturated carbocycles. The number of carbonyl (C=O) groups excluding carboxylic acids is 1. The molecule has 0 amide bonds. The van der Waals surface area contributed by atoms with Gasteiger partial charge in [-0.1, -0.05) is 17.6 Å². The van der Waals surface area contributed by atoms with Crippen molar-refractivity contribution in [1.29, 1.82) is 0 Å². The molecule has 0 unspecified atom stereocenters. The Morgan fingerprint density at radius 3 is 2.40 bits per heavy atom. The molecule has 0 radical (unpaired) electrons. The van der Waals surface area contributed by atoms with Crippen LogP contribution in [0, 0.1) is 31.9 Å². The molecule has 2 aromatic rings. The quantitative estimate of drug-likeness (QED) is 0.394. The van der Waals surface area contributed by atoms with Gasteiger partial charge in [-0.2, -0.15) is 0 Å². The molecule has 0 saturated heterocycles. The maximum atomic E-state index is 13.7. The third-order valence-electron chi connectivity index (χ3n) is 4.79. The Bertz CT molecular complexity index is 1040. The van der Waals surface area contributed by atoms with Gasteiger partial charge in [0.05, 0.1) is 21.6 Å². The Morgan fingerprint density at radius 1 is 1.07 bits per heavy atom. The first-order chi connectivity index (χ1) is 14.3. The zero-order valence-corrected chi connectivity index (χ0v) is 15.4. The van der Waals surface area contributed by atoms with Crippen LogP contribution >= 0.6 is 0 Å². The minimum absolute atomic E-state index is 0.192. The van der Waals surface area contributed by atoms with E-state index < -0.39 is 50.3 Å². The van der Waals surface area contributed by atoms with Gasteiger partial charge in [0.1, 0.15) is 17.2 Å². The fourth-order valence-corrected chi connectivity index (χ4v) is 3.38. The van der Waals surface area contributed by atoms with Crippen LogP contribution in [-0.4, -0.2) is 21.5 Å². The summed E-state index contributed by atoms with van der Waals surface area (Å²) < 4.78 is 27.5. The van der Waals surface area contributed by atoms with Gasteiger partial charge in [-0.05, 0) is 37.5 Å². The van der Waals surface area contributed by atoms with Crippen molar-refractivity contribution in [2.75, 3.05) is 0 Å². The lowest BCUT2D eigenvalue weighted by Crippen LogP contribution is -2.20. The summed E-state index contributed by atoms with van der Waals surface area (Å²) in [4.78, 5) is 37.7. The van der Waals surface area contributed by atoms with E-state index in [0.717, 1.165) is 30.3 Å². The van der Waals surface area contributed by atoms with Crippen LogP contribution < -0.4 is 0 Å². The summed E-state index contributed by atoms with van der Waals surface area (Å²) in [5.74, 6) is -4.17. The summed E-state index contributed by atoms with van der Waals surface area (Å²) in [5.41, 5.74) is -1.30. The summed E-state index contributed by atoms with van der Waals surface area (Å²) in [6.45, 7) is 0. The fraction of sp³-hybridized carbons (Fsp3) is 0.263. The summed E-state index contributed by atoms with van der Waals surface area (Å²) in [6, 6.07) is 6.18. The number of rotatable bonds is 5. The number of hydrogen-bond donors (Lipinski definition) is 0. The van der Waals surface area contributed by atoms with E-state index >= 15 is 0 Å². The highest BCUT2D eigenvalue weighted by atomic mass is 19.1. The zero-order valence-electron chi connectivity index (χ0n) is 15.4. The highest BCUT2D eigenvalue weighted by molar-refractivity contribution is 5.94. The van der Waals surface area contributed by atoms with E-state index in [0.29, 0.717) is 25.7 Å². The molecule has 0 heterocycles. The molecule has 9 nitrogen and oxygen atoms in total. The molecule has 0 bridgehead atoms. The fourth-order valence-electron chi connectivity index (χ4n) is 3.38. The average molecular weight is 419 g/mol. The molecule has 30 heavy (non-hydrogen) atoms. The van der Waals surface area contributed by atoms with Crippen molar-refractivity contribution in [3.05, 3.63) is 79.4 Å². The van der Waals surface area contributed by atoms with Crippen LogP contribution in [-0.2, 0) is 4.84 Å². The Labute approximate surface area is 168 Å². The number of nitrogens with zero attached hydrogens (tertiary/aromatic N) is 3. The van der Waals surface area contributed by atoms with Crippen LogP contribution in [0.2, 0.25) is 0 Å². The lowest BCUT2D eigenvalue weighted by molar-refractivity contribution is -0.394. The maximum Gasteiger partial charge on any atom is 0.371 e. The highest BCUT2D eigenvalue weighted by Crippen LogP contribution is 2.37. The van der Waals surface area contributed by atoms with Gasteiger partial charge in [-0.25, -0.2) is 13.6 Å². The molecule has 1 fully saturated rings. The third-order valence-corrected chi connectivity index (χ3v) is 4.79. The molecule has 0 spiro atoms. The summed E-state index contributed by atoms with van der Waals surface area (Å²) in [6.07, 6.45) is 2.14. The molecule has 0 aliphatic heterocycles. The number of nitro groups is 2. The zero-order chi connectivity index (χ0) is 21.8. The van der Waals surface area contributed by atoms with E-state index in [1.165, 1.54) is 6.07 Å². The van der Waals surface area contributed by atoms with Crippen molar-refractivity contribution in [2.24, 2.45) is 5.16 Å². The molecule has 1 aliphatic carbocycles. The monoisotopic (exact) mass is 419 g/mol. The predicted molar refractivity (Wildman–Crippen MR) is 100 cm³/mol. The van der Waals surface area contributed by atoms with E-state index in [2.05, 4.69) is 5.16 Å². The topological polar surface area (TPSA) is 125 Å². The molecule has 3 rings (SSSR count). The average Bonchev–Trinajstić information content (AvgIpc) is 2.71. The minimum Gasteiger partial charge on any atom is -0.313 e. The lowest BCUT2D eigenvalue weighted by atomic mass is 9.81. The number of non-ortho nitro benzene ring substituents is 1. The normalized spacial score (nSPS) is 17.5. The third kappa shape index (κ3) is 4.29. The largest absolute Gasteiger partial charge is 0.371 e. The number of carbonyl (C=O) groups is 1. The van der Waals surface area contributed by atoms with Crippen LogP contribution in [0.15, 0.2) is 41.6 Å². The van der Waals surface area contributed by atoms with Crippen LogP contribution in [0.5, 0.6) is 0 Å². The molecular formula is C19H15F2N3O6. The second-order valence-corrected chi connectivity index (χ2v) is 6.61. The van der Waals surface area contributed by atoms with Crippen LogP contribution in [0.1, 0.15) is 47.5 Å². The van der Waals surface area contributed by atoms with Gasteiger partial charge in [0, 0.05) is 17.5 Å². The number of benzene rings is 2. The Kier molecular flexibility index (Phi) is 6.09. The number of oxime groups is 1. The molecule has 0 aromatic heterocycles. The van der Waals surface area contributed by atoms with E-state index in [-0.39, 0.29) is 11.3 Å². The van der Waals surface area contributed by atoms with Gasteiger partial charge in [0.25, 0.3) is 11.4 Å². The lowest BCUT2D eigenvalue weighted by Gasteiger charge is -2.23. The van der Waals surface area contributed by atoms with Gasteiger partial charge in [0.15, 0.2) is 0 Å². The first kappa shape index (κ1) is 21.0. The second-order valence-electron chi connectivity index (χ2n) is 6.61. The van der Waals surface area contributed by atoms with E-state index in [1.54, 1.807) is 0 Å².